The first kappa shape index (κ1) is 60.2. The minimum absolute atomic E-state index is 0.0728. The van der Waals surface area contributed by atoms with E-state index in [9.17, 15) is 14.3 Å². The van der Waals surface area contributed by atoms with Gasteiger partial charge in [0.15, 0.2) is 0 Å². The van der Waals surface area contributed by atoms with Crippen molar-refractivity contribution in [3.05, 3.63) is 109 Å². The van der Waals surface area contributed by atoms with E-state index in [-0.39, 0.29) is 25.8 Å². The Morgan fingerprint density at radius 1 is 0.492 bits per heavy atom. The number of carbonyl (C=O) groups excluding carboxylic acids is 1. The fourth-order valence-electron chi connectivity index (χ4n) is 6.10. The first-order valence-electron chi connectivity index (χ1n) is 24.6. The van der Waals surface area contributed by atoms with Crippen molar-refractivity contribution in [1.29, 1.82) is 0 Å². The van der Waals surface area contributed by atoms with Crippen molar-refractivity contribution in [1.82, 2.24) is 0 Å². The Morgan fingerprint density at radius 3 is 1.30 bits per heavy atom. The summed E-state index contributed by atoms with van der Waals surface area (Å²) in [6.45, 7) is 5.25. The summed E-state index contributed by atoms with van der Waals surface area (Å²) >= 11 is 0. The van der Waals surface area contributed by atoms with E-state index in [4.69, 9.17) is 18.5 Å². The predicted octanol–water partition coefficient (Wildman–Crippen LogP) is 15.2. The second-order valence-electron chi connectivity index (χ2n) is 17.1. The van der Waals surface area contributed by atoms with Crippen LogP contribution >= 0.6 is 7.82 Å². The minimum Gasteiger partial charge on any atom is -0.457 e. The Bertz CT molecular complexity index is 1370. The summed E-state index contributed by atoms with van der Waals surface area (Å²) in [7, 11) is 1.62. The number of quaternary nitrogens is 1. The van der Waals surface area contributed by atoms with Crippen LogP contribution < -0.4 is 0 Å². The van der Waals surface area contributed by atoms with Crippen LogP contribution in [0, 0.1) is 0 Å². The van der Waals surface area contributed by atoms with Crippen molar-refractivity contribution in [2.45, 2.75) is 174 Å². The minimum atomic E-state index is -4.30. The zero-order valence-electron chi connectivity index (χ0n) is 40.8. The number of unbranched alkanes of at least 4 members (excludes halogenated alkanes) is 12. The van der Waals surface area contributed by atoms with Crippen LogP contribution in [0.25, 0.3) is 0 Å². The molecule has 0 aliphatic rings. The number of hydrogen-bond acceptors (Lipinski definition) is 6. The largest absolute Gasteiger partial charge is 0.472 e. The number of phosphoric ester groups is 1. The Morgan fingerprint density at radius 2 is 0.873 bits per heavy atom. The number of allylic oxidation sites excluding steroid dienone is 18. The van der Waals surface area contributed by atoms with E-state index < -0.39 is 13.9 Å². The maximum atomic E-state index is 12.8. The molecule has 0 aliphatic carbocycles. The summed E-state index contributed by atoms with van der Waals surface area (Å²) < 4.78 is 35.0. The Hall–Kier alpha value is -2.84. The fraction of sp³-hybridized carbons (Fsp3) is 0.648. The van der Waals surface area contributed by atoms with Gasteiger partial charge in [-0.15, -0.1) is 0 Å². The average molecular weight is 899 g/mol. The highest BCUT2D eigenvalue weighted by atomic mass is 31.2. The molecule has 0 aromatic carbocycles. The lowest BCUT2D eigenvalue weighted by atomic mass is 10.0. The molecular formula is C54H93NO7P+. The highest BCUT2D eigenvalue weighted by Gasteiger charge is 2.26. The van der Waals surface area contributed by atoms with E-state index in [1.165, 1.54) is 51.4 Å². The monoisotopic (exact) mass is 899 g/mol. The molecule has 0 aromatic rings. The topological polar surface area (TPSA) is 91.3 Å². The van der Waals surface area contributed by atoms with Gasteiger partial charge < -0.3 is 18.9 Å². The third kappa shape index (κ3) is 50.0. The van der Waals surface area contributed by atoms with Gasteiger partial charge in [-0.05, 0) is 96.3 Å². The molecule has 0 radical (unpaired) electrons. The lowest BCUT2D eigenvalue weighted by Crippen LogP contribution is -2.37. The van der Waals surface area contributed by atoms with Crippen LogP contribution in [0.4, 0.5) is 0 Å². The SMILES string of the molecule is CC/C=C\C/C=C\C/C=C\C/C=C\C/C=C\CCCCOCC(COP(=O)(O)OCC[N+](C)(C)C)OC(=O)CCCCCCCCCCCC/C=C\C/C=C\C/C=C\C/C=C\CC. The summed E-state index contributed by atoms with van der Waals surface area (Å²) in [5.41, 5.74) is 0. The molecule has 0 saturated heterocycles. The summed E-state index contributed by atoms with van der Waals surface area (Å²) in [4.78, 5) is 23.0. The lowest BCUT2D eigenvalue weighted by Gasteiger charge is -2.24. The van der Waals surface area contributed by atoms with E-state index in [0.717, 1.165) is 96.3 Å². The second-order valence-corrected chi connectivity index (χ2v) is 18.5. The van der Waals surface area contributed by atoms with Gasteiger partial charge in [0, 0.05) is 13.0 Å². The van der Waals surface area contributed by atoms with Gasteiger partial charge in [0.1, 0.15) is 19.3 Å². The molecule has 0 saturated carbocycles. The first-order chi connectivity index (χ1) is 30.6. The fourth-order valence-corrected chi connectivity index (χ4v) is 6.84. The van der Waals surface area contributed by atoms with Gasteiger partial charge in [-0.1, -0.05) is 175 Å². The van der Waals surface area contributed by atoms with Crippen molar-refractivity contribution in [2.75, 3.05) is 54.1 Å². The Kier molecular flexibility index (Phi) is 43.7. The Labute approximate surface area is 387 Å². The van der Waals surface area contributed by atoms with Crippen LogP contribution in [-0.2, 0) is 27.9 Å². The number of phosphoric acid groups is 1. The predicted molar refractivity (Wildman–Crippen MR) is 270 cm³/mol. The third-order valence-corrected chi connectivity index (χ3v) is 10.8. The zero-order chi connectivity index (χ0) is 46.2. The first-order valence-corrected chi connectivity index (χ1v) is 26.1. The number of hydrogen-bond donors (Lipinski definition) is 1. The molecule has 0 rings (SSSR count). The van der Waals surface area contributed by atoms with E-state index in [0.29, 0.717) is 24.1 Å². The van der Waals surface area contributed by atoms with Gasteiger partial charge in [-0.3, -0.25) is 13.8 Å². The molecule has 0 amide bonds. The van der Waals surface area contributed by atoms with Crippen LogP contribution in [0.1, 0.15) is 168 Å². The van der Waals surface area contributed by atoms with Crippen LogP contribution in [0.15, 0.2) is 109 Å². The number of ether oxygens (including phenoxy) is 2. The summed E-state index contributed by atoms with van der Waals surface area (Å²) in [6, 6.07) is 0. The highest BCUT2D eigenvalue weighted by Crippen LogP contribution is 2.43. The van der Waals surface area contributed by atoms with Crippen molar-refractivity contribution in [2.24, 2.45) is 0 Å². The molecule has 0 spiro atoms. The summed E-state index contributed by atoms with van der Waals surface area (Å²) in [5.74, 6) is -0.338. The number of rotatable bonds is 44. The number of likely N-dealkylation sites (N-methyl/N-ethyl adjacent to an activating group) is 1. The third-order valence-electron chi connectivity index (χ3n) is 9.83. The van der Waals surface area contributed by atoms with Crippen molar-refractivity contribution in [3.63, 3.8) is 0 Å². The van der Waals surface area contributed by atoms with Gasteiger partial charge in [0.2, 0.25) is 0 Å². The molecule has 2 unspecified atom stereocenters. The molecule has 2 atom stereocenters. The highest BCUT2D eigenvalue weighted by molar-refractivity contribution is 7.47. The second kappa shape index (κ2) is 45.7. The van der Waals surface area contributed by atoms with Crippen LogP contribution in [0.5, 0.6) is 0 Å². The van der Waals surface area contributed by atoms with Crippen molar-refractivity contribution >= 4 is 13.8 Å². The summed E-state index contributed by atoms with van der Waals surface area (Å²) in [6.07, 6.45) is 64.2. The molecular weight excluding hydrogens is 806 g/mol. The molecule has 0 heterocycles. The molecule has 0 fully saturated rings. The van der Waals surface area contributed by atoms with Crippen molar-refractivity contribution in [3.8, 4) is 0 Å². The van der Waals surface area contributed by atoms with E-state index in [2.05, 4.69) is 123 Å². The van der Waals surface area contributed by atoms with Crippen LogP contribution in [0.2, 0.25) is 0 Å². The maximum absolute atomic E-state index is 12.8. The maximum Gasteiger partial charge on any atom is 0.472 e. The lowest BCUT2D eigenvalue weighted by molar-refractivity contribution is -0.870. The molecule has 0 aromatic heterocycles. The van der Waals surface area contributed by atoms with E-state index in [1.54, 1.807) is 0 Å². The quantitative estimate of drug-likeness (QED) is 0.0214. The molecule has 63 heavy (non-hydrogen) atoms. The molecule has 1 N–H and O–H groups in total. The van der Waals surface area contributed by atoms with Gasteiger partial charge >= 0.3 is 13.8 Å². The van der Waals surface area contributed by atoms with E-state index >= 15 is 0 Å². The molecule has 0 bridgehead atoms. The molecule has 360 valence electrons. The number of nitrogens with zero attached hydrogens (tertiary/aromatic N) is 1. The smallest absolute Gasteiger partial charge is 0.457 e. The number of carbonyl (C=O) groups is 1. The summed E-state index contributed by atoms with van der Waals surface area (Å²) in [5, 5.41) is 0. The van der Waals surface area contributed by atoms with Crippen LogP contribution in [-0.4, -0.2) is 75.6 Å². The van der Waals surface area contributed by atoms with Gasteiger partial charge in [-0.2, -0.15) is 0 Å². The normalized spacial score (nSPS) is 14.6. The Balaban J connectivity index is 4.26. The molecule has 9 heteroatoms. The number of esters is 1. The molecule has 8 nitrogen and oxygen atoms in total. The molecule has 0 aliphatic heterocycles. The van der Waals surface area contributed by atoms with Gasteiger partial charge in [-0.25, -0.2) is 4.57 Å². The van der Waals surface area contributed by atoms with Gasteiger partial charge in [0.05, 0.1) is 34.4 Å². The zero-order valence-corrected chi connectivity index (χ0v) is 41.7. The van der Waals surface area contributed by atoms with Gasteiger partial charge in [0.25, 0.3) is 0 Å². The standard InChI is InChI=1S/C54H92NO7P/c1-6-8-10-12-14-16-18-20-22-24-26-27-28-29-30-31-33-35-37-39-41-43-45-47-54(56)62-53(52-61-63(57,58)60-50-48-55(3,4)5)51-59-49-46-44-42-40-38-36-34-32-25-23-21-19-17-15-13-11-9-7-2/h8-11,14-17,20-23,26-27,32,34,38,40,53H,6-7,12-13,18-19,24-25,28-31,33,35-37,39,41-52H2,1-5H3/p+1/b10-8-,11-9-,16-14-,17-15-,22-20-,23-21-,27-26-,34-32-,40-38-. The van der Waals surface area contributed by atoms with Crippen LogP contribution in [0.3, 0.4) is 0 Å². The van der Waals surface area contributed by atoms with E-state index in [1.807, 2.05) is 21.1 Å². The van der Waals surface area contributed by atoms with Crippen molar-refractivity contribution < 1.29 is 37.3 Å². The average Bonchev–Trinajstić information content (AvgIpc) is 3.24.